The van der Waals surface area contributed by atoms with Crippen molar-refractivity contribution in [1.82, 2.24) is 4.90 Å². The van der Waals surface area contributed by atoms with Gasteiger partial charge in [0, 0.05) is 17.8 Å². The van der Waals surface area contributed by atoms with Gasteiger partial charge in [-0.05, 0) is 44.9 Å². The Kier molecular flexibility index (Phi) is 4.14. The molecule has 0 aromatic heterocycles. The molecule has 16 heavy (non-hydrogen) atoms. The van der Waals surface area contributed by atoms with Crippen molar-refractivity contribution >= 4 is 17.7 Å². The van der Waals surface area contributed by atoms with Crippen LogP contribution in [0.3, 0.4) is 0 Å². The number of hydrogen-bond acceptors (Lipinski definition) is 3. The summed E-state index contributed by atoms with van der Waals surface area (Å²) in [6.45, 7) is 0. The summed E-state index contributed by atoms with van der Waals surface area (Å²) in [6, 6.07) is 1.36. The Labute approximate surface area is 102 Å². The van der Waals surface area contributed by atoms with Gasteiger partial charge in [-0.25, -0.2) is 0 Å². The molecule has 1 saturated heterocycles. The van der Waals surface area contributed by atoms with Crippen molar-refractivity contribution < 1.29 is 9.90 Å². The fraction of sp³-hybridized carbons (Fsp3) is 0.917. The van der Waals surface area contributed by atoms with Gasteiger partial charge in [-0.3, -0.25) is 9.69 Å². The first-order chi connectivity index (χ1) is 7.68. The van der Waals surface area contributed by atoms with Crippen LogP contribution in [0.5, 0.6) is 0 Å². The summed E-state index contributed by atoms with van der Waals surface area (Å²) in [4.78, 5) is 13.4. The monoisotopic (exact) mass is 243 g/mol. The van der Waals surface area contributed by atoms with Gasteiger partial charge < -0.3 is 5.11 Å². The molecule has 3 nitrogen and oxygen atoms in total. The maximum Gasteiger partial charge on any atom is 0.306 e. The predicted octanol–water partition coefficient (Wildman–Crippen LogP) is 2.07. The van der Waals surface area contributed by atoms with E-state index in [-0.39, 0.29) is 5.92 Å². The van der Waals surface area contributed by atoms with Gasteiger partial charge in [0.05, 0.1) is 5.92 Å². The van der Waals surface area contributed by atoms with Gasteiger partial charge in [0.2, 0.25) is 0 Å². The fourth-order valence-electron chi connectivity index (χ4n) is 2.87. The molecule has 1 aliphatic carbocycles. The molecule has 0 radical (unpaired) electrons. The second-order valence-corrected chi connectivity index (χ2v) is 6.18. The van der Waals surface area contributed by atoms with Crippen LogP contribution >= 0.6 is 11.8 Å². The van der Waals surface area contributed by atoms with Gasteiger partial charge in [0.15, 0.2) is 0 Å². The van der Waals surface area contributed by atoms with Crippen LogP contribution in [0.15, 0.2) is 0 Å². The molecule has 92 valence electrons. The molecule has 0 unspecified atom stereocenters. The highest BCUT2D eigenvalue weighted by Gasteiger charge is 2.31. The topological polar surface area (TPSA) is 40.5 Å². The second-order valence-electron chi connectivity index (χ2n) is 5.03. The van der Waals surface area contributed by atoms with Crippen LogP contribution in [-0.4, -0.2) is 46.6 Å². The molecule has 0 aromatic rings. The summed E-state index contributed by atoms with van der Waals surface area (Å²) >= 11 is 2.04. The Morgan fingerprint density at radius 1 is 1.19 bits per heavy atom. The van der Waals surface area contributed by atoms with Gasteiger partial charge in [-0.15, -0.1) is 0 Å². The normalized spacial score (nSPS) is 35.5. The molecule has 1 aliphatic heterocycles. The minimum Gasteiger partial charge on any atom is -0.481 e. The highest BCUT2D eigenvalue weighted by molar-refractivity contribution is 7.99. The van der Waals surface area contributed by atoms with Crippen molar-refractivity contribution in [3.8, 4) is 0 Å². The van der Waals surface area contributed by atoms with Crippen LogP contribution in [0.25, 0.3) is 0 Å². The summed E-state index contributed by atoms with van der Waals surface area (Å²) in [7, 11) is 2.22. The van der Waals surface area contributed by atoms with E-state index in [1.165, 1.54) is 17.9 Å². The SMILES string of the molecule is CN(C1CCC(C(=O)O)CC1)[C@H]1CCSC1. The maximum atomic E-state index is 10.9. The lowest BCUT2D eigenvalue weighted by Crippen LogP contribution is -2.42. The first-order valence-electron chi connectivity index (χ1n) is 6.21. The first-order valence-corrected chi connectivity index (χ1v) is 7.36. The number of carboxylic acid groups (broad SMARTS) is 1. The van der Waals surface area contributed by atoms with E-state index in [0.717, 1.165) is 31.7 Å². The van der Waals surface area contributed by atoms with Gasteiger partial charge in [0.25, 0.3) is 0 Å². The van der Waals surface area contributed by atoms with Crippen molar-refractivity contribution in [1.29, 1.82) is 0 Å². The third-order valence-electron chi connectivity index (χ3n) is 4.10. The van der Waals surface area contributed by atoms with E-state index in [1.807, 2.05) is 11.8 Å². The number of aliphatic carboxylic acids is 1. The molecule has 0 bridgehead atoms. The van der Waals surface area contributed by atoms with E-state index in [1.54, 1.807) is 0 Å². The highest BCUT2D eigenvalue weighted by Crippen LogP contribution is 2.31. The number of nitrogens with zero attached hydrogens (tertiary/aromatic N) is 1. The van der Waals surface area contributed by atoms with Crippen molar-refractivity contribution in [2.75, 3.05) is 18.6 Å². The van der Waals surface area contributed by atoms with E-state index in [0.29, 0.717) is 6.04 Å². The third kappa shape index (κ3) is 2.72. The predicted molar refractivity (Wildman–Crippen MR) is 66.9 cm³/mol. The number of hydrogen-bond donors (Lipinski definition) is 1. The van der Waals surface area contributed by atoms with E-state index in [2.05, 4.69) is 11.9 Å². The number of rotatable bonds is 3. The molecule has 1 atom stereocenters. The summed E-state index contributed by atoms with van der Waals surface area (Å²) in [5.74, 6) is 1.87. The van der Waals surface area contributed by atoms with Gasteiger partial charge in [0.1, 0.15) is 0 Å². The Balaban J connectivity index is 1.81. The van der Waals surface area contributed by atoms with Gasteiger partial charge >= 0.3 is 5.97 Å². The summed E-state index contributed by atoms with van der Waals surface area (Å²) in [5, 5.41) is 8.96. The van der Waals surface area contributed by atoms with Crippen LogP contribution in [0.2, 0.25) is 0 Å². The minimum absolute atomic E-state index is 0.0809. The molecule has 0 aromatic carbocycles. The lowest BCUT2D eigenvalue weighted by molar-refractivity contribution is -0.143. The minimum atomic E-state index is -0.600. The zero-order valence-corrected chi connectivity index (χ0v) is 10.7. The van der Waals surface area contributed by atoms with E-state index >= 15 is 0 Å². The standard InChI is InChI=1S/C12H21NO2S/c1-13(11-6-7-16-8-11)10-4-2-9(3-5-10)12(14)15/h9-11H,2-8H2,1H3,(H,14,15)/t9?,10?,11-/m0/s1. The highest BCUT2D eigenvalue weighted by atomic mass is 32.2. The lowest BCUT2D eigenvalue weighted by atomic mass is 9.85. The number of carbonyl (C=O) groups is 1. The van der Waals surface area contributed by atoms with Crippen molar-refractivity contribution in [3.05, 3.63) is 0 Å². The summed E-state index contributed by atoms with van der Waals surface area (Å²) in [6.07, 6.45) is 5.16. The van der Waals surface area contributed by atoms with Crippen LogP contribution in [0, 0.1) is 5.92 Å². The largest absolute Gasteiger partial charge is 0.481 e. The smallest absolute Gasteiger partial charge is 0.306 e. The lowest BCUT2D eigenvalue weighted by Gasteiger charge is -2.36. The molecule has 2 aliphatic rings. The van der Waals surface area contributed by atoms with Crippen molar-refractivity contribution in [2.24, 2.45) is 5.92 Å². The zero-order chi connectivity index (χ0) is 11.5. The van der Waals surface area contributed by atoms with E-state index in [4.69, 9.17) is 5.11 Å². The molecule has 2 fully saturated rings. The van der Waals surface area contributed by atoms with Crippen LogP contribution in [0.1, 0.15) is 32.1 Å². The third-order valence-corrected chi connectivity index (χ3v) is 5.25. The Morgan fingerprint density at radius 2 is 1.88 bits per heavy atom. The zero-order valence-electron chi connectivity index (χ0n) is 9.89. The van der Waals surface area contributed by atoms with E-state index < -0.39 is 5.97 Å². The maximum absolute atomic E-state index is 10.9. The number of thioether (sulfide) groups is 1. The van der Waals surface area contributed by atoms with Gasteiger partial charge in [-0.1, -0.05) is 0 Å². The quantitative estimate of drug-likeness (QED) is 0.824. The summed E-state index contributed by atoms with van der Waals surface area (Å²) < 4.78 is 0. The van der Waals surface area contributed by atoms with Gasteiger partial charge in [-0.2, -0.15) is 11.8 Å². The molecular weight excluding hydrogens is 222 g/mol. The molecular formula is C12H21NO2S. The number of carboxylic acids is 1. The summed E-state index contributed by atoms with van der Waals surface area (Å²) in [5.41, 5.74) is 0. The average molecular weight is 243 g/mol. The van der Waals surface area contributed by atoms with E-state index in [9.17, 15) is 4.79 Å². The Hall–Kier alpha value is -0.220. The molecule has 0 amide bonds. The van der Waals surface area contributed by atoms with Crippen molar-refractivity contribution in [2.45, 2.75) is 44.2 Å². The first kappa shape index (κ1) is 12.2. The second kappa shape index (κ2) is 5.41. The molecule has 4 heteroatoms. The molecule has 2 rings (SSSR count). The average Bonchev–Trinajstić information content (AvgIpc) is 2.81. The molecule has 1 saturated carbocycles. The fourth-order valence-corrected chi connectivity index (χ4v) is 4.15. The Morgan fingerprint density at radius 3 is 2.38 bits per heavy atom. The van der Waals surface area contributed by atoms with Crippen LogP contribution in [0.4, 0.5) is 0 Å². The van der Waals surface area contributed by atoms with Crippen molar-refractivity contribution in [3.63, 3.8) is 0 Å². The van der Waals surface area contributed by atoms with Crippen LogP contribution in [-0.2, 0) is 4.79 Å². The van der Waals surface area contributed by atoms with Crippen LogP contribution < -0.4 is 0 Å². The Bertz CT molecular complexity index is 245. The molecule has 1 heterocycles. The molecule has 0 spiro atoms. The molecule has 1 N–H and O–H groups in total.